The maximum atomic E-state index is 9.22. The molecule has 0 bridgehead atoms. The van der Waals surface area contributed by atoms with Crippen LogP contribution in [0.3, 0.4) is 0 Å². The summed E-state index contributed by atoms with van der Waals surface area (Å²) in [6.07, 6.45) is 1.73. The molecule has 3 aromatic rings. The first-order chi connectivity index (χ1) is 10.7. The minimum Gasteiger partial charge on any atom is -0.313 e. The van der Waals surface area contributed by atoms with Crippen molar-refractivity contribution in [3.05, 3.63) is 52.7 Å². The van der Waals surface area contributed by atoms with Gasteiger partial charge in [-0.2, -0.15) is 10.5 Å². The molecule has 3 heterocycles. The highest BCUT2D eigenvalue weighted by Gasteiger charge is 2.15. The van der Waals surface area contributed by atoms with Gasteiger partial charge >= 0.3 is 0 Å². The summed E-state index contributed by atoms with van der Waals surface area (Å²) in [6.45, 7) is 2.18. The third kappa shape index (κ3) is 2.46. The van der Waals surface area contributed by atoms with Crippen molar-refractivity contribution < 1.29 is 0 Å². The second-order valence-electron chi connectivity index (χ2n) is 4.52. The van der Waals surface area contributed by atoms with E-state index in [4.69, 9.17) is 5.26 Å². The van der Waals surface area contributed by atoms with Gasteiger partial charge in [0.1, 0.15) is 23.0 Å². The molecule has 0 aliphatic carbocycles. The zero-order valence-corrected chi connectivity index (χ0v) is 12.5. The molecular formula is C15H10N6S. The first kappa shape index (κ1) is 13.9. The van der Waals surface area contributed by atoms with Crippen LogP contribution in [0.25, 0.3) is 10.7 Å². The van der Waals surface area contributed by atoms with E-state index in [2.05, 4.69) is 15.0 Å². The highest BCUT2D eigenvalue weighted by Crippen LogP contribution is 2.22. The molecule has 0 fully saturated rings. The third-order valence-corrected chi connectivity index (χ3v) is 4.04. The molecule has 106 valence electrons. The molecule has 0 spiro atoms. The highest BCUT2D eigenvalue weighted by atomic mass is 32.1. The van der Waals surface area contributed by atoms with E-state index in [0.717, 1.165) is 16.4 Å². The van der Waals surface area contributed by atoms with Crippen molar-refractivity contribution in [2.45, 2.75) is 13.5 Å². The van der Waals surface area contributed by atoms with Crippen LogP contribution >= 0.6 is 11.3 Å². The number of hydrogen-bond donors (Lipinski definition) is 0. The minimum absolute atomic E-state index is 0.153. The van der Waals surface area contributed by atoms with Gasteiger partial charge in [-0.1, -0.05) is 6.07 Å². The number of thiazole rings is 1. The van der Waals surface area contributed by atoms with Gasteiger partial charge in [0.05, 0.1) is 17.9 Å². The number of aryl methyl sites for hydroxylation is 1. The van der Waals surface area contributed by atoms with Crippen LogP contribution in [0.1, 0.15) is 22.9 Å². The molecule has 0 atom stereocenters. The quantitative estimate of drug-likeness (QED) is 0.741. The van der Waals surface area contributed by atoms with Crippen LogP contribution in [0.15, 0.2) is 29.8 Å². The van der Waals surface area contributed by atoms with Crippen molar-refractivity contribution >= 4 is 11.3 Å². The standard InChI is InChI=1S/C15H10N6S/c1-10-19-13(6-16)14(7-17)21(10)8-11-9-22-15(20-11)12-4-2-3-5-18-12/h2-5,9H,8H2,1H3. The molecule has 22 heavy (non-hydrogen) atoms. The lowest BCUT2D eigenvalue weighted by Gasteiger charge is -2.03. The fourth-order valence-electron chi connectivity index (χ4n) is 2.10. The van der Waals surface area contributed by atoms with Gasteiger partial charge in [0, 0.05) is 11.6 Å². The van der Waals surface area contributed by atoms with Crippen molar-refractivity contribution in [3.63, 3.8) is 0 Å². The predicted molar refractivity (Wildman–Crippen MR) is 80.8 cm³/mol. The molecule has 3 aromatic heterocycles. The largest absolute Gasteiger partial charge is 0.313 e. The first-order valence-corrected chi connectivity index (χ1v) is 7.34. The molecule has 0 radical (unpaired) electrons. The van der Waals surface area contributed by atoms with Crippen LogP contribution in [0, 0.1) is 29.6 Å². The van der Waals surface area contributed by atoms with E-state index in [0.29, 0.717) is 12.4 Å². The summed E-state index contributed by atoms with van der Waals surface area (Å²) in [4.78, 5) is 12.9. The topological polar surface area (TPSA) is 91.2 Å². The van der Waals surface area contributed by atoms with Gasteiger partial charge < -0.3 is 4.57 Å². The zero-order valence-electron chi connectivity index (χ0n) is 11.7. The number of pyridine rings is 1. The summed E-state index contributed by atoms with van der Waals surface area (Å²) in [7, 11) is 0. The highest BCUT2D eigenvalue weighted by molar-refractivity contribution is 7.13. The summed E-state index contributed by atoms with van der Waals surface area (Å²) < 4.78 is 1.70. The lowest BCUT2D eigenvalue weighted by molar-refractivity contribution is 0.737. The number of nitrogens with zero attached hydrogens (tertiary/aromatic N) is 6. The Morgan fingerprint density at radius 2 is 2.09 bits per heavy atom. The maximum absolute atomic E-state index is 9.22. The molecule has 0 amide bonds. The number of nitriles is 2. The van der Waals surface area contributed by atoms with E-state index in [-0.39, 0.29) is 11.4 Å². The second kappa shape index (κ2) is 5.76. The van der Waals surface area contributed by atoms with E-state index >= 15 is 0 Å². The zero-order chi connectivity index (χ0) is 15.5. The molecule has 0 unspecified atom stereocenters. The Labute approximate surface area is 131 Å². The van der Waals surface area contributed by atoms with Crippen molar-refractivity contribution in [1.29, 1.82) is 10.5 Å². The molecule has 0 saturated carbocycles. The van der Waals surface area contributed by atoms with Gasteiger partial charge in [-0.25, -0.2) is 9.97 Å². The van der Waals surface area contributed by atoms with Crippen LogP contribution in [-0.4, -0.2) is 19.5 Å². The Morgan fingerprint density at radius 3 is 2.77 bits per heavy atom. The molecular weight excluding hydrogens is 296 g/mol. The van der Waals surface area contributed by atoms with Crippen LogP contribution in [0.5, 0.6) is 0 Å². The van der Waals surface area contributed by atoms with Gasteiger partial charge in [0.2, 0.25) is 0 Å². The number of imidazole rings is 1. The molecule has 7 heteroatoms. The molecule has 0 N–H and O–H groups in total. The average Bonchev–Trinajstić information content (AvgIpc) is 3.14. The van der Waals surface area contributed by atoms with Gasteiger partial charge in [-0.15, -0.1) is 11.3 Å². The summed E-state index contributed by atoms with van der Waals surface area (Å²) in [5.41, 5.74) is 2.05. The van der Waals surface area contributed by atoms with Crippen LogP contribution in [0.2, 0.25) is 0 Å². The molecule has 3 rings (SSSR count). The molecule has 0 saturated heterocycles. The smallest absolute Gasteiger partial charge is 0.177 e. The third-order valence-electron chi connectivity index (χ3n) is 3.13. The van der Waals surface area contributed by atoms with Crippen molar-refractivity contribution in [1.82, 2.24) is 19.5 Å². The number of rotatable bonds is 3. The Hall–Kier alpha value is -3.03. The van der Waals surface area contributed by atoms with E-state index in [1.807, 2.05) is 35.7 Å². The normalized spacial score (nSPS) is 10.1. The van der Waals surface area contributed by atoms with Gasteiger partial charge in [-0.05, 0) is 19.1 Å². The Bertz CT molecular complexity index is 894. The van der Waals surface area contributed by atoms with Crippen molar-refractivity contribution in [2.75, 3.05) is 0 Å². The fraction of sp³-hybridized carbons (Fsp3) is 0.133. The number of aromatic nitrogens is 4. The van der Waals surface area contributed by atoms with Crippen LogP contribution < -0.4 is 0 Å². The van der Waals surface area contributed by atoms with E-state index in [1.165, 1.54) is 11.3 Å². The lowest BCUT2D eigenvalue weighted by atomic mass is 10.3. The van der Waals surface area contributed by atoms with Crippen LogP contribution in [-0.2, 0) is 6.54 Å². The molecule has 6 nitrogen and oxygen atoms in total. The first-order valence-electron chi connectivity index (χ1n) is 6.46. The van der Waals surface area contributed by atoms with E-state index < -0.39 is 0 Å². The Kier molecular flexibility index (Phi) is 3.65. The predicted octanol–water partition coefficient (Wildman–Crippen LogP) is 2.50. The monoisotopic (exact) mass is 306 g/mol. The van der Waals surface area contributed by atoms with Gasteiger partial charge in [-0.3, -0.25) is 4.98 Å². The Balaban J connectivity index is 1.93. The van der Waals surface area contributed by atoms with Crippen molar-refractivity contribution in [2.24, 2.45) is 0 Å². The van der Waals surface area contributed by atoms with Gasteiger partial charge in [0.25, 0.3) is 0 Å². The van der Waals surface area contributed by atoms with Crippen LogP contribution in [0.4, 0.5) is 0 Å². The molecule has 0 aliphatic rings. The summed E-state index contributed by atoms with van der Waals surface area (Å²) in [5.74, 6) is 0.625. The van der Waals surface area contributed by atoms with E-state index in [9.17, 15) is 5.26 Å². The summed E-state index contributed by atoms with van der Waals surface area (Å²) >= 11 is 1.50. The fourth-order valence-corrected chi connectivity index (χ4v) is 2.88. The average molecular weight is 306 g/mol. The van der Waals surface area contributed by atoms with Crippen molar-refractivity contribution in [3.8, 4) is 22.8 Å². The minimum atomic E-state index is 0.153. The SMILES string of the molecule is Cc1nc(C#N)c(C#N)n1Cc1csc(-c2ccccn2)n1. The maximum Gasteiger partial charge on any atom is 0.177 e. The second-order valence-corrected chi connectivity index (χ2v) is 5.38. The summed E-state index contributed by atoms with van der Waals surface area (Å²) in [5, 5.41) is 21.0. The molecule has 0 aromatic carbocycles. The molecule has 0 aliphatic heterocycles. The van der Waals surface area contributed by atoms with Gasteiger partial charge in [0.15, 0.2) is 11.4 Å². The Morgan fingerprint density at radius 1 is 1.23 bits per heavy atom. The number of hydrogen-bond acceptors (Lipinski definition) is 6. The lowest BCUT2D eigenvalue weighted by Crippen LogP contribution is -2.05. The summed E-state index contributed by atoms with van der Waals surface area (Å²) in [6, 6.07) is 9.65. The van der Waals surface area contributed by atoms with E-state index in [1.54, 1.807) is 17.7 Å².